The fourth-order valence-corrected chi connectivity index (χ4v) is 2.48. The van der Waals surface area contributed by atoms with Crippen molar-refractivity contribution in [3.8, 4) is 11.5 Å². The quantitative estimate of drug-likeness (QED) is 0.749. The Balaban J connectivity index is 2.34. The standard InChI is InChI=1S/C19H19F2NO5/c1-25-16-7-4-11(8-17(16)26-2)15(10-18(23)27-3)22-19(24)13-6-5-12(20)9-14(13)21/h4-9,15H,10H2,1-3H3,(H,22,24). The van der Waals surface area contributed by atoms with Gasteiger partial charge in [-0.2, -0.15) is 0 Å². The first-order valence-electron chi connectivity index (χ1n) is 7.94. The summed E-state index contributed by atoms with van der Waals surface area (Å²) < 4.78 is 42.0. The number of carbonyl (C=O) groups is 2. The second-order valence-corrected chi connectivity index (χ2v) is 5.54. The zero-order valence-electron chi connectivity index (χ0n) is 15.0. The van der Waals surface area contributed by atoms with Gasteiger partial charge in [-0.15, -0.1) is 0 Å². The number of carbonyl (C=O) groups excluding carboxylic acids is 2. The number of esters is 1. The first-order chi connectivity index (χ1) is 12.9. The lowest BCUT2D eigenvalue weighted by Crippen LogP contribution is -2.31. The maximum absolute atomic E-state index is 13.9. The van der Waals surface area contributed by atoms with Gasteiger partial charge in [0, 0.05) is 6.07 Å². The fraction of sp³-hybridized carbons (Fsp3) is 0.263. The van der Waals surface area contributed by atoms with Crippen molar-refractivity contribution in [2.24, 2.45) is 0 Å². The van der Waals surface area contributed by atoms with Crippen LogP contribution in [0.15, 0.2) is 36.4 Å². The molecule has 0 fully saturated rings. The topological polar surface area (TPSA) is 73.9 Å². The molecule has 0 aliphatic rings. The van der Waals surface area contributed by atoms with E-state index in [4.69, 9.17) is 9.47 Å². The summed E-state index contributed by atoms with van der Waals surface area (Å²) >= 11 is 0. The molecule has 0 saturated heterocycles. The van der Waals surface area contributed by atoms with E-state index >= 15 is 0 Å². The summed E-state index contributed by atoms with van der Waals surface area (Å²) in [7, 11) is 4.14. The van der Waals surface area contributed by atoms with Crippen LogP contribution in [0, 0.1) is 11.6 Å². The number of ether oxygens (including phenoxy) is 3. The van der Waals surface area contributed by atoms with Crippen LogP contribution in [0.2, 0.25) is 0 Å². The Hall–Kier alpha value is -3.16. The van der Waals surface area contributed by atoms with E-state index in [-0.39, 0.29) is 12.0 Å². The number of nitrogens with one attached hydrogen (secondary N) is 1. The number of rotatable bonds is 7. The molecule has 1 unspecified atom stereocenters. The molecule has 0 bridgehead atoms. The summed E-state index contributed by atoms with van der Waals surface area (Å²) in [4.78, 5) is 24.2. The van der Waals surface area contributed by atoms with E-state index in [0.717, 1.165) is 12.1 Å². The van der Waals surface area contributed by atoms with Crippen LogP contribution in [0.1, 0.15) is 28.4 Å². The van der Waals surface area contributed by atoms with Crippen LogP contribution in [0.4, 0.5) is 8.78 Å². The molecule has 2 rings (SSSR count). The van der Waals surface area contributed by atoms with Gasteiger partial charge in [-0.05, 0) is 29.8 Å². The van der Waals surface area contributed by atoms with Crippen molar-refractivity contribution in [2.75, 3.05) is 21.3 Å². The highest BCUT2D eigenvalue weighted by Crippen LogP contribution is 2.31. The van der Waals surface area contributed by atoms with Crippen molar-refractivity contribution in [3.05, 3.63) is 59.2 Å². The van der Waals surface area contributed by atoms with E-state index in [1.807, 2.05) is 0 Å². The van der Waals surface area contributed by atoms with Gasteiger partial charge in [0.15, 0.2) is 11.5 Å². The lowest BCUT2D eigenvalue weighted by atomic mass is 10.0. The van der Waals surface area contributed by atoms with Crippen molar-refractivity contribution >= 4 is 11.9 Å². The number of halogens is 2. The van der Waals surface area contributed by atoms with Crippen LogP contribution < -0.4 is 14.8 Å². The molecule has 0 saturated carbocycles. The van der Waals surface area contributed by atoms with Crippen molar-refractivity contribution < 1.29 is 32.6 Å². The lowest BCUT2D eigenvalue weighted by molar-refractivity contribution is -0.141. The van der Waals surface area contributed by atoms with Gasteiger partial charge in [0.05, 0.1) is 39.4 Å². The normalized spacial score (nSPS) is 11.4. The highest BCUT2D eigenvalue weighted by Gasteiger charge is 2.23. The number of amides is 1. The Labute approximate surface area is 155 Å². The molecule has 27 heavy (non-hydrogen) atoms. The first-order valence-corrected chi connectivity index (χ1v) is 7.94. The highest BCUT2D eigenvalue weighted by atomic mass is 19.1. The van der Waals surface area contributed by atoms with Crippen molar-refractivity contribution in [1.82, 2.24) is 5.32 Å². The number of benzene rings is 2. The molecule has 0 aromatic heterocycles. The molecule has 0 aliphatic heterocycles. The van der Waals surface area contributed by atoms with Gasteiger partial charge >= 0.3 is 5.97 Å². The van der Waals surface area contributed by atoms with E-state index in [1.54, 1.807) is 18.2 Å². The summed E-state index contributed by atoms with van der Waals surface area (Å²) in [5, 5.41) is 2.57. The van der Waals surface area contributed by atoms with Crippen molar-refractivity contribution in [3.63, 3.8) is 0 Å². The number of hydrogen-bond acceptors (Lipinski definition) is 5. The van der Waals surface area contributed by atoms with Gasteiger partial charge in [0.25, 0.3) is 5.91 Å². The van der Waals surface area contributed by atoms with Crippen LogP contribution in [0.25, 0.3) is 0 Å². The van der Waals surface area contributed by atoms with Gasteiger partial charge in [-0.1, -0.05) is 6.07 Å². The predicted molar refractivity (Wildman–Crippen MR) is 92.7 cm³/mol. The molecule has 8 heteroatoms. The zero-order valence-corrected chi connectivity index (χ0v) is 15.0. The van der Waals surface area contributed by atoms with E-state index in [1.165, 1.54) is 21.3 Å². The Morgan fingerprint density at radius 1 is 1.00 bits per heavy atom. The largest absolute Gasteiger partial charge is 0.493 e. The predicted octanol–water partition coefficient (Wildman–Crippen LogP) is 3.02. The summed E-state index contributed by atoms with van der Waals surface area (Å²) in [5.74, 6) is -2.31. The van der Waals surface area contributed by atoms with E-state index in [9.17, 15) is 18.4 Å². The minimum absolute atomic E-state index is 0.194. The monoisotopic (exact) mass is 379 g/mol. The average Bonchev–Trinajstić information content (AvgIpc) is 2.66. The number of hydrogen-bond donors (Lipinski definition) is 1. The molecular weight excluding hydrogens is 360 g/mol. The molecule has 1 N–H and O–H groups in total. The van der Waals surface area contributed by atoms with Crippen LogP contribution >= 0.6 is 0 Å². The van der Waals surface area contributed by atoms with Gasteiger partial charge in [-0.25, -0.2) is 8.78 Å². The SMILES string of the molecule is COC(=O)CC(NC(=O)c1ccc(F)cc1F)c1ccc(OC)c(OC)c1. The minimum atomic E-state index is -1.00. The highest BCUT2D eigenvalue weighted by molar-refractivity contribution is 5.95. The molecule has 144 valence electrons. The Morgan fingerprint density at radius 2 is 1.70 bits per heavy atom. The zero-order chi connectivity index (χ0) is 20.0. The Morgan fingerprint density at radius 3 is 2.30 bits per heavy atom. The molecule has 0 radical (unpaired) electrons. The summed E-state index contributed by atoms with van der Waals surface area (Å²) in [6, 6.07) is 6.63. The molecule has 1 amide bonds. The molecule has 1 atom stereocenters. The summed E-state index contributed by atoms with van der Waals surface area (Å²) in [6.07, 6.45) is -0.194. The van der Waals surface area contributed by atoms with Crippen LogP contribution in [-0.2, 0) is 9.53 Å². The van der Waals surface area contributed by atoms with Crippen molar-refractivity contribution in [2.45, 2.75) is 12.5 Å². The minimum Gasteiger partial charge on any atom is -0.493 e. The third kappa shape index (κ3) is 4.93. The maximum atomic E-state index is 13.9. The van der Waals surface area contributed by atoms with Gasteiger partial charge in [0.2, 0.25) is 0 Å². The third-order valence-electron chi connectivity index (χ3n) is 3.89. The smallest absolute Gasteiger partial charge is 0.307 e. The van der Waals surface area contributed by atoms with Crippen molar-refractivity contribution in [1.29, 1.82) is 0 Å². The van der Waals surface area contributed by atoms with Gasteiger partial charge in [-0.3, -0.25) is 9.59 Å². The molecule has 2 aromatic rings. The third-order valence-corrected chi connectivity index (χ3v) is 3.89. The molecule has 0 aliphatic carbocycles. The Kier molecular flexibility index (Phi) is 6.70. The molecular formula is C19H19F2NO5. The van der Waals surface area contributed by atoms with E-state index in [0.29, 0.717) is 23.1 Å². The molecule has 0 spiro atoms. The second-order valence-electron chi connectivity index (χ2n) is 5.54. The summed E-state index contributed by atoms with van der Waals surface area (Å²) in [6.45, 7) is 0. The number of methoxy groups -OCH3 is 3. The molecule has 0 heterocycles. The molecule has 6 nitrogen and oxygen atoms in total. The molecule has 2 aromatic carbocycles. The van der Waals surface area contributed by atoms with Gasteiger partial charge < -0.3 is 19.5 Å². The fourth-order valence-electron chi connectivity index (χ4n) is 2.48. The van der Waals surface area contributed by atoms with Crippen LogP contribution in [0.3, 0.4) is 0 Å². The van der Waals surface area contributed by atoms with Crippen LogP contribution in [-0.4, -0.2) is 33.2 Å². The van der Waals surface area contributed by atoms with Crippen LogP contribution in [0.5, 0.6) is 11.5 Å². The van der Waals surface area contributed by atoms with E-state index in [2.05, 4.69) is 10.1 Å². The second kappa shape index (κ2) is 8.98. The lowest BCUT2D eigenvalue weighted by Gasteiger charge is -2.20. The Bertz CT molecular complexity index is 841. The maximum Gasteiger partial charge on any atom is 0.307 e. The van der Waals surface area contributed by atoms with Gasteiger partial charge in [0.1, 0.15) is 11.6 Å². The summed E-state index contributed by atoms with van der Waals surface area (Å²) in [5.41, 5.74) is 0.181. The van der Waals surface area contributed by atoms with E-state index < -0.39 is 29.6 Å². The first kappa shape index (κ1) is 20.2. The average molecular weight is 379 g/mol.